The van der Waals surface area contributed by atoms with Crippen molar-refractivity contribution >= 4 is 17.9 Å². The summed E-state index contributed by atoms with van der Waals surface area (Å²) in [6, 6.07) is 0. The third kappa shape index (κ3) is 52.3. The van der Waals surface area contributed by atoms with Crippen LogP contribution in [0.3, 0.4) is 0 Å². The topological polar surface area (TPSA) is 78.9 Å². The normalized spacial score (nSPS) is 13.3. The lowest BCUT2D eigenvalue weighted by Gasteiger charge is -2.18. The van der Waals surface area contributed by atoms with E-state index in [1.54, 1.807) is 0 Å². The van der Waals surface area contributed by atoms with Crippen molar-refractivity contribution in [2.75, 3.05) is 13.2 Å². The largest absolute Gasteiger partial charge is 0.462 e. The molecule has 0 bridgehead atoms. The van der Waals surface area contributed by atoms with Crippen LogP contribution in [0.1, 0.15) is 207 Å². The van der Waals surface area contributed by atoms with Gasteiger partial charge in [0, 0.05) is 19.3 Å². The van der Waals surface area contributed by atoms with E-state index in [1.807, 2.05) is 12.2 Å². The Labute approximate surface area is 417 Å². The number of carbonyl (C=O) groups excluding carboxylic acids is 3. The van der Waals surface area contributed by atoms with E-state index in [9.17, 15) is 14.4 Å². The van der Waals surface area contributed by atoms with Crippen LogP contribution in [0.5, 0.6) is 0 Å². The van der Waals surface area contributed by atoms with E-state index in [-0.39, 0.29) is 44.0 Å². The zero-order chi connectivity index (χ0) is 49.3. The average molecular weight is 937 g/mol. The van der Waals surface area contributed by atoms with Gasteiger partial charge >= 0.3 is 17.9 Å². The highest BCUT2D eigenvalue weighted by Gasteiger charge is 2.19. The van der Waals surface area contributed by atoms with Gasteiger partial charge in [-0.05, 0) is 122 Å². The lowest BCUT2D eigenvalue weighted by molar-refractivity contribution is -0.166. The quantitative estimate of drug-likeness (QED) is 0.0199. The van der Waals surface area contributed by atoms with Crippen LogP contribution < -0.4 is 0 Å². The molecule has 1 unspecified atom stereocenters. The van der Waals surface area contributed by atoms with Crippen molar-refractivity contribution in [1.29, 1.82) is 0 Å². The molecule has 0 rings (SSSR count). The van der Waals surface area contributed by atoms with E-state index in [4.69, 9.17) is 14.2 Å². The highest BCUT2D eigenvalue weighted by atomic mass is 16.6. The van der Waals surface area contributed by atoms with Gasteiger partial charge in [-0.15, -0.1) is 0 Å². The van der Waals surface area contributed by atoms with Crippen molar-refractivity contribution in [3.63, 3.8) is 0 Å². The maximum absolute atomic E-state index is 12.8. The summed E-state index contributed by atoms with van der Waals surface area (Å²) in [6.45, 7) is 6.26. The number of hydrogen-bond donors (Lipinski definition) is 0. The lowest BCUT2D eigenvalue weighted by atomic mass is 10.1. The van der Waals surface area contributed by atoms with Gasteiger partial charge in [-0.25, -0.2) is 0 Å². The minimum absolute atomic E-state index is 0.127. The number of esters is 3. The molecule has 0 aliphatic carbocycles. The zero-order valence-electron chi connectivity index (χ0n) is 43.3. The molecule has 1 atom stereocenters. The van der Waals surface area contributed by atoms with Crippen LogP contribution in [0, 0.1) is 0 Å². The molecule has 0 radical (unpaired) electrons. The molecule has 0 heterocycles. The molecule has 6 heteroatoms. The van der Waals surface area contributed by atoms with Gasteiger partial charge < -0.3 is 14.2 Å². The standard InChI is InChI=1S/C62H96O6/c1-4-7-10-13-16-19-22-25-28-30-31-32-35-37-40-43-46-49-52-55-61(64)67-58-59(57-66-60(63)54-51-48-45-42-39-36-33-27-24-21-18-15-12-9-6-3)68-62(65)56-53-50-47-44-41-38-34-29-26-23-20-17-14-11-8-5-2/h7-8,10-11,16-21,24-29,31-32,37-38,40-41,46,49,59H,4-6,9,12-15,22-23,30,33-36,39,42-45,47-48,50-58H2,1-3H3/b10-7-,11-8-,19-16-,20-17-,21-18-,27-24-,28-25-,29-26-,32-31-,40-37-,41-38-,49-46-. The molecular formula is C62H96O6. The van der Waals surface area contributed by atoms with Gasteiger partial charge in [0.15, 0.2) is 6.10 Å². The Morgan fingerprint density at radius 2 is 0.647 bits per heavy atom. The molecule has 68 heavy (non-hydrogen) atoms. The fourth-order valence-electron chi connectivity index (χ4n) is 6.62. The number of rotatable bonds is 46. The van der Waals surface area contributed by atoms with Gasteiger partial charge in [0.05, 0.1) is 0 Å². The van der Waals surface area contributed by atoms with Crippen LogP contribution >= 0.6 is 0 Å². The van der Waals surface area contributed by atoms with Crippen molar-refractivity contribution in [3.8, 4) is 0 Å². The van der Waals surface area contributed by atoms with Crippen LogP contribution in [0.2, 0.25) is 0 Å². The number of allylic oxidation sites excluding steroid dienone is 24. The first kappa shape index (κ1) is 63.3. The van der Waals surface area contributed by atoms with Crippen molar-refractivity contribution in [3.05, 3.63) is 146 Å². The van der Waals surface area contributed by atoms with Gasteiger partial charge in [-0.2, -0.15) is 0 Å². The van der Waals surface area contributed by atoms with E-state index in [2.05, 4.69) is 154 Å². The highest BCUT2D eigenvalue weighted by Crippen LogP contribution is 2.12. The van der Waals surface area contributed by atoms with Crippen LogP contribution in [0.25, 0.3) is 0 Å². The Morgan fingerprint density at radius 1 is 0.324 bits per heavy atom. The second-order valence-corrected chi connectivity index (χ2v) is 17.0. The summed E-state index contributed by atoms with van der Waals surface area (Å²) in [5, 5.41) is 0. The minimum atomic E-state index is -0.837. The third-order valence-corrected chi connectivity index (χ3v) is 10.6. The molecule has 0 amide bonds. The summed E-state index contributed by atoms with van der Waals surface area (Å²) >= 11 is 0. The Hall–Kier alpha value is -4.71. The van der Waals surface area contributed by atoms with Crippen LogP contribution in [-0.4, -0.2) is 37.2 Å². The molecular weight excluding hydrogens is 841 g/mol. The monoisotopic (exact) mass is 937 g/mol. The summed E-state index contributed by atoms with van der Waals surface area (Å²) in [5.74, 6) is -1.07. The van der Waals surface area contributed by atoms with Crippen molar-refractivity contribution in [2.45, 2.75) is 213 Å². The van der Waals surface area contributed by atoms with Crippen LogP contribution in [0.15, 0.2) is 146 Å². The SMILES string of the molecule is CC/C=C\C/C=C\C/C=C\C/C=C\C/C=C\C/C=C\CCC(=O)OCC(COC(=O)CCCCCCCC/C=C\C=C/CCCCC)OC(=O)CCCCC/C=C\C/C=C\C/C=C\C/C=C\CC. The number of unbranched alkanes of at least 4 members (excludes halogenated alkanes) is 12. The van der Waals surface area contributed by atoms with Crippen molar-refractivity contribution in [2.24, 2.45) is 0 Å². The van der Waals surface area contributed by atoms with E-state index >= 15 is 0 Å². The molecule has 0 aromatic carbocycles. The molecule has 0 spiro atoms. The summed E-state index contributed by atoms with van der Waals surface area (Å²) in [7, 11) is 0. The first-order valence-corrected chi connectivity index (χ1v) is 26.9. The Kier molecular flexibility index (Phi) is 51.1. The fraction of sp³-hybridized carbons (Fsp3) is 0.565. The van der Waals surface area contributed by atoms with Crippen LogP contribution in [0.4, 0.5) is 0 Å². The Morgan fingerprint density at radius 3 is 1.09 bits per heavy atom. The molecule has 0 saturated heterocycles. The van der Waals surface area contributed by atoms with Crippen LogP contribution in [-0.2, 0) is 28.6 Å². The summed E-state index contributed by atoms with van der Waals surface area (Å²) in [5.41, 5.74) is 0. The molecule has 0 aliphatic rings. The van der Waals surface area contributed by atoms with Crippen molar-refractivity contribution in [1.82, 2.24) is 0 Å². The average Bonchev–Trinajstić information content (AvgIpc) is 3.34. The maximum Gasteiger partial charge on any atom is 0.306 e. The number of carbonyl (C=O) groups is 3. The Bertz CT molecular complexity index is 1540. The second kappa shape index (κ2) is 54.9. The molecule has 380 valence electrons. The van der Waals surface area contributed by atoms with Gasteiger partial charge in [0.1, 0.15) is 13.2 Å². The fourth-order valence-corrected chi connectivity index (χ4v) is 6.62. The molecule has 0 saturated carbocycles. The molecule has 6 nitrogen and oxygen atoms in total. The van der Waals surface area contributed by atoms with Gasteiger partial charge in [-0.1, -0.05) is 212 Å². The number of ether oxygens (including phenoxy) is 3. The first-order chi connectivity index (χ1) is 33.5. The van der Waals surface area contributed by atoms with Crippen molar-refractivity contribution < 1.29 is 28.6 Å². The van der Waals surface area contributed by atoms with E-state index < -0.39 is 6.10 Å². The van der Waals surface area contributed by atoms with Gasteiger partial charge in [-0.3, -0.25) is 14.4 Å². The highest BCUT2D eigenvalue weighted by molar-refractivity contribution is 5.71. The predicted molar refractivity (Wildman–Crippen MR) is 292 cm³/mol. The smallest absolute Gasteiger partial charge is 0.306 e. The predicted octanol–water partition coefficient (Wildman–Crippen LogP) is 18.0. The first-order valence-electron chi connectivity index (χ1n) is 26.9. The summed E-state index contributed by atoms with van der Waals surface area (Å²) in [6.07, 6.45) is 78.4. The molecule has 0 N–H and O–H groups in total. The van der Waals surface area contributed by atoms with E-state index in [1.165, 1.54) is 32.1 Å². The molecule has 0 aliphatic heterocycles. The number of hydrogen-bond acceptors (Lipinski definition) is 6. The second-order valence-electron chi connectivity index (χ2n) is 17.0. The molecule has 0 aromatic heterocycles. The van der Waals surface area contributed by atoms with Gasteiger partial charge in [0.2, 0.25) is 0 Å². The lowest BCUT2D eigenvalue weighted by Crippen LogP contribution is -2.30. The molecule has 0 aromatic rings. The van der Waals surface area contributed by atoms with E-state index in [0.29, 0.717) is 19.3 Å². The van der Waals surface area contributed by atoms with E-state index in [0.717, 1.165) is 122 Å². The summed E-state index contributed by atoms with van der Waals surface area (Å²) < 4.78 is 16.7. The summed E-state index contributed by atoms with van der Waals surface area (Å²) in [4.78, 5) is 38.0. The maximum atomic E-state index is 12.8. The third-order valence-electron chi connectivity index (χ3n) is 10.6. The van der Waals surface area contributed by atoms with Gasteiger partial charge in [0.25, 0.3) is 0 Å². The minimum Gasteiger partial charge on any atom is -0.462 e. The zero-order valence-corrected chi connectivity index (χ0v) is 43.3. The molecule has 0 fully saturated rings. The Balaban J connectivity index is 4.61.